The van der Waals surface area contributed by atoms with Crippen molar-refractivity contribution < 1.29 is 76.1 Å². The largest absolute Gasteiger partial charge is 0.496 e. The fraction of sp³-hybridized carbons (Fsp3) is 0.226. The summed E-state index contributed by atoms with van der Waals surface area (Å²) in [7, 11) is 5.66. The molecule has 6 aromatic rings. The van der Waals surface area contributed by atoms with Crippen LogP contribution in [-0.2, 0) is 0 Å². The van der Waals surface area contributed by atoms with Crippen molar-refractivity contribution in [1.29, 1.82) is 0 Å². The fourth-order valence-electron chi connectivity index (χ4n) is 6.24. The summed E-state index contributed by atoms with van der Waals surface area (Å²) in [5.74, 6) is -0.449. The van der Waals surface area contributed by atoms with Crippen LogP contribution in [0.5, 0.6) is 63.2 Å². The standard InChI is InChI=1S/C53H50O16/c1-31(2)29-63-41-25-43(59-5)47(44(26-41)60-6)52(57)68-37-17-11-34(12-18-37)49(54)65-36-15-9-33(10-16-36)50(55)66-39-21-23-40(24-22-39)67-51(56)35-13-19-38(20-14-35)69-53(58)48-45(61-7)27-42(28-46(48)62-8)64-30-32(3)4/h9-28,31-32H,29-30H2,1-8H3. The number of rotatable bonds is 20. The predicted molar refractivity (Wildman–Crippen MR) is 250 cm³/mol. The number of hydrogen-bond acceptors (Lipinski definition) is 16. The van der Waals surface area contributed by atoms with Gasteiger partial charge in [0.2, 0.25) is 0 Å². The van der Waals surface area contributed by atoms with Crippen LogP contribution >= 0.6 is 0 Å². The molecule has 358 valence electrons. The van der Waals surface area contributed by atoms with Gasteiger partial charge in [-0.15, -0.1) is 0 Å². The Morgan fingerprint density at radius 3 is 0.768 bits per heavy atom. The maximum Gasteiger partial charge on any atom is 0.351 e. The lowest BCUT2D eigenvalue weighted by Crippen LogP contribution is -2.13. The van der Waals surface area contributed by atoms with Crippen molar-refractivity contribution in [2.75, 3.05) is 41.7 Å². The monoisotopic (exact) mass is 942 g/mol. The van der Waals surface area contributed by atoms with Crippen molar-refractivity contribution in [2.45, 2.75) is 27.7 Å². The molecule has 0 atom stereocenters. The van der Waals surface area contributed by atoms with E-state index in [0.29, 0.717) is 24.7 Å². The van der Waals surface area contributed by atoms with Crippen molar-refractivity contribution in [3.8, 4) is 63.2 Å². The van der Waals surface area contributed by atoms with Gasteiger partial charge in [-0.3, -0.25) is 0 Å². The minimum atomic E-state index is -0.745. The molecule has 69 heavy (non-hydrogen) atoms. The van der Waals surface area contributed by atoms with Crippen LogP contribution in [0.3, 0.4) is 0 Å². The number of esters is 5. The molecule has 0 aromatic heterocycles. The number of ether oxygens (including phenoxy) is 11. The fourth-order valence-corrected chi connectivity index (χ4v) is 6.24. The Morgan fingerprint density at radius 1 is 0.333 bits per heavy atom. The van der Waals surface area contributed by atoms with Crippen LogP contribution < -0.4 is 52.1 Å². The van der Waals surface area contributed by atoms with Crippen LogP contribution in [-0.4, -0.2) is 71.5 Å². The lowest BCUT2D eigenvalue weighted by Gasteiger charge is -2.16. The minimum Gasteiger partial charge on any atom is -0.496 e. The van der Waals surface area contributed by atoms with Gasteiger partial charge >= 0.3 is 29.8 Å². The van der Waals surface area contributed by atoms with Crippen LogP contribution in [0.1, 0.15) is 79.5 Å². The Labute approximate surface area is 398 Å². The highest BCUT2D eigenvalue weighted by Crippen LogP contribution is 2.37. The summed E-state index contributed by atoms with van der Waals surface area (Å²) in [5, 5.41) is 0. The van der Waals surface area contributed by atoms with Gasteiger partial charge in [0.25, 0.3) is 0 Å². The zero-order chi connectivity index (χ0) is 49.6. The van der Waals surface area contributed by atoms with Crippen molar-refractivity contribution in [2.24, 2.45) is 11.8 Å². The maximum atomic E-state index is 13.2. The number of carbonyl (C=O) groups is 5. The third kappa shape index (κ3) is 13.3. The molecule has 0 bridgehead atoms. The van der Waals surface area contributed by atoms with Gasteiger partial charge in [-0.05, 0) is 109 Å². The molecule has 6 aromatic carbocycles. The van der Waals surface area contributed by atoms with Crippen molar-refractivity contribution in [1.82, 2.24) is 0 Å². The molecule has 0 saturated heterocycles. The van der Waals surface area contributed by atoms with Crippen molar-refractivity contribution in [3.63, 3.8) is 0 Å². The summed E-state index contributed by atoms with van der Waals surface area (Å²) in [6, 6.07) is 29.3. The third-order valence-corrected chi connectivity index (χ3v) is 9.68. The Hall–Kier alpha value is -8.53. The number of benzene rings is 6. The highest BCUT2D eigenvalue weighted by Gasteiger charge is 2.25. The van der Waals surface area contributed by atoms with E-state index in [0.717, 1.165) is 0 Å². The van der Waals surface area contributed by atoms with E-state index in [1.807, 2.05) is 27.7 Å². The SMILES string of the molecule is COc1cc(OCC(C)C)cc(OC)c1C(=O)Oc1ccc(C(=O)Oc2ccc(OC(=O)c3ccc(OC(=O)c4ccc(OC(=O)c5c(OC)cc(OCC(C)C)cc5OC)cc4)cc3)cc2)cc1. The smallest absolute Gasteiger partial charge is 0.351 e. The lowest BCUT2D eigenvalue weighted by molar-refractivity contribution is 0.0713. The van der Waals surface area contributed by atoms with Crippen LogP contribution in [0.2, 0.25) is 0 Å². The quantitative estimate of drug-likeness (QED) is 0.0519. The Balaban J connectivity index is 0.978. The van der Waals surface area contributed by atoms with E-state index < -0.39 is 29.8 Å². The van der Waals surface area contributed by atoms with Gasteiger partial charge in [0, 0.05) is 24.3 Å². The maximum absolute atomic E-state index is 13.2. The zero-order valence-corrected chi connectivity index (χ0v) is 39.1. The first-order valence-corrected chi connectivity index (χ1v) is 21.5. The normalized spacial score (nSPS) is 10.7. The summed E-state index contributed by atoms with van der Waals surface area (Å²) in [6.45, 7) is 8.96. The average molecular weight is 943 g/mol. The summed E-state index contributed by atoms with van der Waals surface area (Å²) < 4.78 is 60.8. The van der Waals surface area contributed by atoms with E-state index >= 15 is 0 Å². The van der Waals surface area contributed by atoms with Gasteiger partial charge in [0.1, 0.15) is 74.4 Å². The molecule has 0 N–H and O–H groups in total. The molecular formula is C53H50O16. The molecule has 0 unspecified atom stereocenters. The number of carbonyl (C=O) groups excluding carboxylic acids is 5. The van der Waals surface area contributed by atoms with Gasteiger partial charge in [-0.25, -0.2) is 24.0 Å². The van der Waals surface area contributed by atoms with Crippen LogP contribution in [0.15, 0.2) is 121 Å². The number of methoxy groups -OCH3 is 4. The van der Waals surface area contributed by atoms with E-state index in [2.05, 4.69) is 0 Å². The van der Waals surface area contributed by atoms with Gasteiger partial charge in [-0.1, -0.05) is 27.7 Å². The Bertz CT molecular complexity index is 2710. The highest BCUT2D eigenvalue weighted by atomic mass is 16.6. The molecule has 0 saturated carbocycles. The molecule has 0 spiro atoms. The Morgan fingerprint density at radius 2 is 0.551 bits per heavy atom. The first-order valence-electron chi connectivity index (χ1n) is 21.5. The molecule has 0 fully saturated rings. The zero-order valence-electron chi connectivity index (χ0n) is 39.1. The van der Waals surface area contributed by atoms with E-state index in [9.17, 15) is 24.0 Å². The van der Waals surface area contributed by atoms with E-state index in [-0.39, 0.29) is 91.4 Å². The van der Waals surface area contributed by atoms with Gasteiger partial charge in [-0.2, -0.15) is 0 Å². The van der Waals surface area contributed by atoms with Gasteiger partial charge < -0.3 is 52.1 Å². The Kier molecular flexibility index (Phi) is 16.8. The predicted octanol–water partition coefficient (Wildman–Crippen LogP) is 9.89. The summed E-state index contributed by atoms with van der Waals surface area (Å²) in [4.78, 5) is 65.2. The molecule has 0 radical (unpaired) electrons. The second-order valence-corrected chi connectivity index (χ2v) is 15.8. The molecule has 0 heterocycles. The first kappa shape index (κ1) is 49.9. The molecule has 0 aliphatic rings. The summed E-state index contributed by atoms with van der Waals surface area (Å²) >= 11 is 0. The molecular weight excluding hydrogens is 893 g/mol. The van der Waals surface area contributed by atoms with Crippen LogP contribution in [0.25, 0.3) is 0 Å². The third-order valence-electron chi connectivity index (χ3n) is 9.68. The molecule has 0 aliphatic carbocycles. The van der Waals surface area contributed by atoms with Crippen LogP contribution in [0.4, 0.5) is 0 Å². The summed E-state index contributed by atoms with van der Waals surface area (Å²) in [6.07, 6.45) is 0. The molecule has 16 heteroatoms. The topological polar surface area (TPSA) is 187 Å². The second-order valence-electron chi connectivity index (χ2n) is 15.8. The highest BCUT2D eigenvalue weighted by molar-refractivity contribution is 5.99. The van der Waals surface area contributed by atoms with E-state index in [4.69, 9.17) is 52.1 Å². The van der Waals surface area contributed by atoms with E-state index in [1.54, 1.807) is 24.3 Å². The minimum absolute atomic E-state index is 0.0599. The molecule has 0 aliphatic heterocycles. The average Bonchev–Trinajstić information content (AvgIpc) is 3.35. The lowest BCUT2D eigenvalue weighted by atomic mass is 10.1. The van der Waals surface area contributed by atoms with Gasteiger partial charge in [0.15, 0.2) is 0 Å². The molecule has 6 rings (SSSR count). The van der Waals surface area contributed by atoms with E-state index in [1.165, 1.54) is 126 Å². The van der Waals surface area contributed by atoms with Crippen LogP contribution in [0, 0.1) is 11.8 Å². The second kappa shape index (κ2) is 23.3. The van der Waals surface area contributed by atoms with Crippen molar-refractivity contribution in [3.05, 3.63) is 149 Å². The summed E-state index contributed by atoms with van der Waals surface area (Å²) in [5.41, 5.74) is 0.627. The first-order chi connectivity index (χ1) is 33.2. The van der Waals surface area contributed by atoms with Gasteiger partial charge in [0.05, 0.1) is 58.3 Å². The number of hydrogen-bond donors (Lipinski definition) is 0. The molecule has 0 amide bonds. The molecule has 16 nitrogen and oxygen atoms in total. The van der Waals surface area contributed by atoms with Crippen molar-refractivity contribution >= 4 is 29.8 Å².